The van der Waals surface area contributed by atoms with Crippen LogP contribution in [0.5, 0.6) is 0 Å². The normalized spacial score (nSPS) is 20.2. The summed E-state index contributed by atoms with van der Waals surface area (Å²) in [7, 11) is 0. The lowest BCUT2D eigenvalue weighted by molar-refractivity contribution is 0.395. The van der Waals surface area contributed by atoms with E-state index in [2.05, 4.69) is 30.7 Å². The van der Waals surface area contributed by atoms with Crippen LogP contribution in [0.25, 0.3) is 0 Å². The third kappa shape index (κ3) is 2.93. The molecule has 1 N–H and O–H groups in total. The zero-order valence-corrected chi connectivity index (χ0v) is 13.3. The standard InChI is InChI=1S/C17H29N3/c1-4-14(10-13-5-6-13)20-16-7-8-18-11-15(16)19-17(20)9-12(2)3/h12-14,18H,4-11H2,1-3H3. The van der Waals surface area contributed by atoms with Gasteiger partial charge in [-0.25, -0.2) is 4.98 Å². The maximum atomic E-state index is 4.99. The Labute approximate surface area is 123 Å². The number of hydrogen-bond acceptors (Lipinski definition) is 2. The summed E-state index contributed by atoms with van der Waals surface area (Å²) >= 11 is 0. The van der Waals surface area contributed by atoms with Crippen LogP contribution in [0.2, 0.25) is 0 Å². The number of aromatic nitrogens is 2. The van der Waals surface area contributed by atoms with E-state index >= 15 is 0 Å². The van der Waals surface area contributed by atoms with Gasteiger partial charge in [0.1, 0.15) is 5.82 Å². The first-order chi connectivity index (χ1) is 9.69. The quantitative estimate of drug-likeness (QED) is 0.861. The molecular formula is C17H29N3. The Morgan fingerprint density at radius 2 is 2.15 bits per heavy atom. The molecule has 0 radical (unpaired) electrons. The van der Waals surface area contributed by atoms with Gasteiger partial charge < -0.3 is 9.88 Å². The molecular weight excluding hydrogens is 246 g/mol. The summed E-state index contributed by atoms with van der Waals surface area (Å²) < 4.78 is 2.65. The van der Waals surface area contributed by atoms with Crippen LogP contribution in [0.15, 0.2) is 0 Å². The van der Waals surface area contributed by atoms with E-state index in [1.165, 1.54) is 42.9 Å². The van der Waals surface area contributed by atoms with Crippen molar-refractivity contribution in [1.29, 1.82) is 0 Å². The van der Waals surface area contributed by atoms with Gasteiger partial charge in [0.2, 0.25) is 0 Å². The van der Waals surface area contributed by atoms with Gasteiger partial charge >= 0.3 is 0 Å². The number of imidazole rings is 1. The van der Waals surface area contributed by atoms with E-state index in [0.717, 1.165) is 31.8 Å². The lowest BCUT2D eigenvalue weighted by Gasteiger charge is -2.24. The number of nitrogens with zero attached hydrogens (tertiary/aromatic N) is 2. The highest BCUT2D eigenvalue weighted by molar-refractivity contribution is 5.22. The van der Waals surface area contributed by atoms with E-state index in [-0.39, 0.29) is 0 Å². The van der Waals surface area contributed by atoms with E-state index in [1.807, 2.05) is 0 Å². The maximum Gasteiger partial charge on any atom is 0.109 e. The number of rotatable bonds is 6. The molecule has 1 unspecified atom stereocenters. The summed E-state index contributed by atoms with van der Waals surface area (Å²) in [6, 6.07) is 0.686. The zero-order valence-electron chi connectivity index (χ0n) is 13.3. The van der Waals surface area contributed by atoms with Gasteiger partial charge in [0.15, 0.2) is 0 Å². The van der Waals surface area contributed by atoms with Gasteiger partial charge in [-0.1, -0.05) is 33.6 Å². The fourth-order valence-electron chi connectivity index (χ4n) is 3.52. The lowest BCUT2D eigenvalue weighted by Crippen LogP contribution is -2.26. The van der Waals surface area contributed by atoms with E-state index < -0.39 is 0 Å². The molecule has 3 nitrogen and oxygen atoms in total. The van der Waals surface area contributed by atoms with Crippen LogP contribution >= 0.6 is 0 Å². The van der Waals surface area contributed by atoms with E-state index in [4.69, 9.17) is 4.98 Å². The molecule has 1 aliphatic carbocycles. The van der Waals surface area contributed by atoms with Crippen LogP contribution in [0.1, 0.15) is 69.7 Å². The Bertz CT molecular complexity index is 457. The first-order valence-electron chi connectivity index (χ1n) is 8.48. The molecule has 3 heteroatoms. The molecule has 2 aliphatic rings. The van der Waals surface area contributed by atoms with Crippen LogP contribution in [0, 0.1) is 11.8 Å². The molecule has 1 aliphatic heterocycles. The summed E-state index contributed by atoms with van der Waals surface area (Å²) in [6.07, 6.45) is 7.80. The number of fused-ring (bicyclic) bond motifs is 1. The molecule has 0 amide bonds. The second kappa shape index (κ2) is 5.88. The van der Waals surface area contributed by atoms with Crippen molar-refractivity contribution in [2.45, 2.75) is 71.9 Å². The highest BCUT2D eigenvalue weighted by atomic mass is 15.1. The molecule has 0 saturated heterocycles. The number of hydrogen-bond donors (Lipinski definition) is 1. The molecule has 0 bridgehead atoms. The zero-order chi connectivity index (χ0) is 14.1. The molecule has 3 rings (SSSR count). The summed E-state index contributed by atoms with van der Waals surface area (Å²) in [6.45, 7) is 9.03. The van der Waals surface area contributed by atoms with Crippen LogP contribution in [0.3, 0.4) is 0 Å². The van der Waals surface area contributed by atoms with Gasteiger partial charge in [-0.15, -0.1) is 0 Å². The Morgan fingerprint density at radius 1 is 1.35 bits per heavy atom. The lowest BCUT2D eigenvalue weighted by atomic mass is 10.0. The van der Waals surface area contributed by atoms with E-state index in [9.17, 15) is 0 Å². The van der Waals surface area contributed by atoms with Gasteiger partial charge in [-0.05, 0) is 24.7 Å². The Hall–Kier alpha value is -0.830. The maximum absolute atomic E-state index is 4.99. The van der Waals surface area contributed by atoms with Gasteiger partial charge in [0.25, 0.3) is 0 Å². The summed E-state index contributed by atoms with van der Waals surface area (Å²) in [5.74, 6) is 3.02. The van der Waals surface area contributed by atoms with Gasteiger partial charge in [-0.2, -0.15) is 0 Å². The van der Waals surface area contributed by atoms with Crippen molar-refractivity contribution in [1.82, 2.24) is 14.9 Å². The van der Waals surface area contributed by atoms with E-state index in [1.54, 1.807) is 0 Å². The minimum absolute atomic E-state index is 0.684. The van der Waals surface area contributed by atoms with Crippen LogP contribution in [-0.2, 0) is 19.4 Å². The molecule has 2 heterocycles. The van der Waals surface area contributed by atoms with Gasteiger partial charge in [0, 0.05) is 37.7 Å². The minimum Gasteiger partial charge on any atom is -0.329 e. The van der Waals surface area contributed by atoms with Crippen molar-refractivity contribution >= 4 is 0 Å². The molecule has 1 fully saturated rings. The highest BCUT2D eigenvalue weighted by Crippen LogP contribution is 2.39. The fraction of sp³-hybridized carbons (Fsp3) is 0.824. The summed E-state index contributed by atoms with van der Waals surface area (Å²) in [5, 5.41) is 3.47. The predicted octanol–water partition coefficient (Wildman–Crippen LogP) is 3.48. The molecule has 1 aromatic heterocycles. The van der Waals surface area contributed by atoms with Crippen LogP contribution in [-0.4, -0.2) is 16.1 Å². The summed E-state index contributed by atoms with van der Waals surface area (Å²) in [5.41, 5.74) is 2.85. The second-order valence-electron chi connectivity index (χ2n) is 7.06. The van der Waals surface area contributed by atoms with Crippen molar-refractivity contribution < 1.29 is 0 Å². The van der Waals surface area contributed by atoms with Crippen LogP contribution in [0.4, 0.5) is 0 Å². The first-order valence-corrected chi connectivity index (χ1v) is 8.48. The molecule has 1 aromatic rings. The molecule has 112 valence electrons. The predicted molar refractivity (Wildman–Crippen MR) is 82.8 cm³/mol. The summed E-state index contributed by atoms with van der Waals surface area (Å²) in [4.78, 5) is 4.99. The first kappa shape index (κ1) is 14.1. The molecule has 0 spiro atoms. The topological polar surface area (TPSA) is 29.9 Å². The van der Waals surface area contributed by atoms with Crippen molar-refractivity contribution in [3.63, 3.8) is 0 Å². The van der Waals surface area contributed by atoms with Gasteiger partial charge in [0.05, 0.1) is 5.69 Å². The largest absolute Gasteiger partial charge is 0.329 e. The average molecular weight is 275 g/mol. The van der Waals surface area contributed by atoms with Crippen molar-refractivity contribution in [3.05, 3.63) is 17.2 Å². The third-order valence-corrected chi connectivity index (χ3v) is 4.73. The second-order valence-corrected chi connectivity index (χ2v) is 7.06. The van der Waals surface area contributed by atoms with E-state index in [0.29, 0.717) is 12.0 Å². The average Bonchev–Trinajstić information content (AvgIpc) is 3.16. The molecule has 1 saturated carbocycles. The minimum atomic E-state index is 0.684. The fourth-order valence-corrected chi connectivity index (χ4v) is 3.52. The van der Waals surface area contributed by atoms with Crippen molar-refractivity contribution in [2.75, 3.05) is 6.54 Å². The van der Waals surface area contributed by atoms with Crippen molar-refractivity contribution in [3.8, 4) is 0 Å². The Balaban J connectivity index is 1.93. The number of nitrogens with one attached hydrogen (secondary N) is 1. The molecule has 0 aromatic carbocycles. The monoisotopic (exact) mass is 275 g/mol. The highest BCUT2D eigenvalue weighted by Gasteiger charge is 2.29. The molecule has 20 heavy (non-hydrogen) atoms. The Kier molecular flexibility index (Phi) is 4.16. The van der Waals surface area contributed by atoms with Crippen molar-refractivity contribution in [2.24, 2.45) is 11.8 Å². The van der Waals surface area contributed by atoms with Crippen LogP contribution < -0.4 is 5.32 Å². The third-order valence-electron chi connectivity index (χ3n) is 4.73. The van der Waals surface area contributed by atoms with Gasteiger partial charge in [-0.3, -0.25) is 0 Å². The SMILES string of the molecule is CCC(CC1CC1)n1c(CC(C)C)nc2c1CCNC2. The molecule has 1 atom stereocenters. The Morgan fingerprint density at radius 3 is 2.80 bits per heavy atom. The smallest absolute Gasteiger partial charge is 0.109 e.